The summed E-state index contributed by atoms with van der Waals surface area (Å²) in [4.78, 5) is 12.3. The van der Waals surface area contributed by atoms with Crippen LogP contribution in [0.5, 0.6) is 5.75 Å². The van der Waals surface area contributed by atoms with Crippen molar-refractivity contribution in [1.29, 1.82) is 0 Å². The monoisotopic (exact) mass is 381 g/mol. The molecule has 0 saturated carbocycles. The van der Waals surface area contributed by atoms with Crippen molar-refractivity contribution in [3.63, 3.8) is 0 Å². The van der Waals surface area contributed by atoms with Crippen LogP contribution < -0.4 is 20.1 Å². The molecule has 0 saturated heterocycles. The fourth-order valence-electron chi connectivity index (χ4n) is 2.50. The van der Waals surface area contributed by atoms with E-state index in [0.717, 1.165) is 11.9 Å². The molecule has 142 valence electrons. The van der Waals surface area contributed by atoms with E-state index in [1.54, 1.807) is 23.0 Å². The minimum absolute atomic E-state index is 0.200. The topological polar surface area (TPSA) is 114 Å². The zero-order valence-corrected chi connectivity index (χ0v) is 15.9. The molecule has 0 aliphatic carbocycles. The lowest BCUT2D eigenvalue weighted by Gasteiger charge is -2.18. The summed E-state index contributed by atoms with van der Waals surface area (Å²) in [7, 11) is -0.238. The largest absolute Gasteiger partial charge is 0.495 e. The second-order valence-electron chi connectivity index (χ2n) is 5.73. The van der Waals surface area contributed by atoms with E-state index in [0.29, 0.717) is 17.9 Å². The van der Waals surface area contributed by atoms with Crippen LogP contribution in [0.25, 0.3) is 0 Å². The normalized spacial score (nSPS) is 12.3. The molecule has 0 bridgehead atoms. The number of amides is 2. The molecule has 26 heavy (non-hydrogen) atoms. The Bertz CT molecular complexity index is 879. The summed E-state index contributed by atoms with van der Waals surface area (Å²) in [6.45, 7) is 1.96. The van der Waals surface area contributed by atoms with Gasteiger partial charge in [-0.05, 0) is 30.7 Å². The van der Waals surface area contributed by atoms with Crippen LogP contribution >= 0.6 is 0 Å². The molecule has 0 unspecified atom stereocenters. The number of methoxy groups -OCH3 is 1. The molecular weight excluding hydrogens is 358 g/mol. The summed E-state index contributed by atoms with van der Waals surface area (Å²) in [6.07, 6.45) is 3.40. The average Bonchev–Trinajstić information content (AvgIpc) is 2.97. The predicted octanol–water partition coefficient (Wildman–Crippen LogP) is 2.07. The molecular formula is C16H23N5O4S. The summed E-state index contributed by atoms with van der Waals surface area (Å²) in [5.41, 5.74) is 1.55. The van der Waals surface area contributed by atoms with E-state index >= 15 is 0 Å². The number of urea groups is 1. The van der Waals surface area contributed by atoms with Gasteiger partial charge in [0.1, 0.15) is 5.75 Å². The molecule has 9 nitrogen and oxygen atoms in total. The number of sulfonamides is 1. The summed E-state index contributed by atoms with van der Waals surface area (Å²) < 4.78 is 32.1. The van der Waals surface area contributed by atoms with Gasteiger partial charge in [-0.1, -0.05) is 6.92 Å². The molecule has 0 spiro atoms. The zero-order chi connectivity index (χ0) is 19.3. The molecule has 1 atom stereocenters. The number of ether oxygens (including phenoxy) is 1. The van der Waals surface area contributed by atoms with E-state index in [1.165, 1.54) is 13.2 Å². The van der Waals surface area contributed by atoms with Gasteiger partial charge in [0.05, 0.1) is 30.8 Å². The Balaban J connectivity index is 2.13. The molecule has 1 aromatic heterocycles. The van der Waals surface area contributed by atoms with Gasteiger partial charge < -0.3 is 15.4 Å². The number of nitrogens with zero attached hydrogens (tertiary/aromatic N) is 2. The van der Waals surface area contributed by atoms with E-state index in [1.807, 2.05) is 20.0 Å². The number of aryl methyl sites for hydroxylation is 1. The molecule has 1 heterocycles. The van der Waals surface area contributed by atoms with Crippen molar-refractivity contribution >= 4 is 27.4 Å². The number of nitrogens with one attached hydrogen (secondary N) is 3. The van der Waals surface area contributed by atoms with E-state index in [9.17, 15) is 13.2 Å². The third kappa shape index (κ3) is 5.12. The van der Waals surface area contributed by atoms with E-state index in [-0.39, 0.29) is 11.7 Å². The van der Waals surface area contributed by atoms with Gasteiger partial charge in [0.25, 0.3) is 0 Å². The van der Waals surface area contributed by atoms with Crippen LogP contribution in [0, 0.1) is 0 Å². The van der Waals surface area contributed by atoms with Crippen molar-refractivity contribution in [3.05, 3.63) is 36.2 Å². The third-order valence-corrected chi connectivity index (χ3v) is 4.27. The number of carbonyl (C=O) groups is 1. The van der Waals surface area contributed by atoms with Gasteiger partial charge in [-0.3, -0.25) is 9.40 Å². The lowest BCUT2D eigenvalue weighted by Crippen LogP contribution is -2.33. The molecule has 0 fully saturated rings. The summed E-state index contributed by atoms with van der Waals surface area (Å²) in [5.74, 6) is 0.350. The van der Waals surface area contributed by atoms with Crippen molar-refractivity contribution in [3.8, 4) is 5.75 Å². The van der Waals surface area contributed by atoms with E-state index in [2.05, 4.69) is 20.5 Å². The number of carbonyl (C=O) groups excluding carboxylic acids is 1. The first-order valence-corrected chi connectivity index (χ1v) is 9.84. The summed E-state index contributed by atoms with van der Waals surface area (Å²) in [5, 5.41) is 9.68. The highest BCUT2D eigenvalue weighted by molar-refractivity contribution is 7.92. The molecule has 10 heteroatoms. The predicted molar refractivity (Wildman–Crippen MR) is 99.9 cm³/mol. The number of hydrogen-bond acceptors (Lipinski definition) is 5. The minimum Gasteiger partial charge on any atom is -0.495 e. The van der Waals surface area contributed by atoms with Crippen molar-refractivity contribution in [2.75, 3.05) is 23.4 Å². The van der Waals surface area contributed by atoms with Crippen molar-refractivity contribution in [1.82, 2.24) is 15.1 Å². The van der Waals surface area contributed by atoms with Gasteiger partial charge in [-0.2, -0.15) is 5.10 Å². The lowest BCUT2D eigenvalue weighted by molar-refractivity contribution is 0.247. The molecule has 2 rings (SSSR count). The van der Waals surface area contributed by atoms with Crippen LogP contribution in [0.2, 0.25) is 0 Å². The van der Waals surface area contributed by atoms with Crippen LogP contribution in [-0.2, 0) is 17.1 Å². The van der Waals surface area contributed by atoms with Crippen LogP contribution in [0.15, 0.2) is 30.5 Å². The van der Waals surface area contributed by atoms with E-state index < -0.39 is 16.1 Å². The zero-order valence-electron chi connectivity index (χ0n) is 15.1. The van der Waals surface area contributed by atoms with Gasteiger partial charge >= 0.3 is 6.03 Å². The van der Waals surface area contributed by atoms with Crippen molar-refractivity contribution in [2.45, 2.75) is 19.4 Å². The molecule has 2 aromatic rings. The maximum atomic E-state index is 12.3. The van der Waals surface area contributed by atoms with Gasteiger partial charge in [0, 0.05) is 18.9 Å². The Morgan fingerprint density at radius 1 is 1.35 bits per heavy atom. The molecule has 1 aromatic carbocycles. The van der Waals surface area contributed by atoms with Crippen molar-refractivity contribution in [2.24, 2.45) is 7.05 Å². The van der Waals surface area contributed by atoms with E-state index in [4.69, 9.17) is 4.74 Å². The Morgan fingerprint density at radius 2 is 2.08 bits per heavy atom. The van der Waals surface area contributed by atoms with Gasteiger partial charge in [-0.25, -0.2) is 13.2 Å². The number of aromatic nitrogens is 2. The molecule has 0 aliphatic rings. The highest BCUT2D eigenvalue weighted by atomic mass is 32.2. The Hall–Kier alpha value is -2.75. The fourth-order valence-corrected chi connectivity index (χ4v) is 3.06. The van der Waals surface area contributed by atoms with Crippen LogP contribution in [0.1, 0.15) is 25.1 Å². The minimum atomic E-state index is -3.48. The highest BCUT2D eigenvalue weighted by Gasteiger charge is 2.16. The van der Waals surface area contributed by atoms with Crippen molar-refractivity contribution < 1.29 is 17.9 Å². The van der Waals surface area contributed by atoms with Gasteiger partial charge in [-0.15, -0.1) is 0 Å². The van der Waals surface area contributed by atoms with Crippen LogP contribution in [0.3, 0.4) is 0 Å². The average molecular weight is 381 g/mol. The van der Waals surface area contributed by atoms with Gasteiger partial charge in [0.15, 0.2) is 0 Å². The van der Waals surface area contributed by atoms with Crippen LogP contribution in [-0.4, -0.2) is 37.6 Å². The number of rotatable bonds is 7. The second kappa shape index (κ2) is 8.09. The number of anilines is 2. The van der Waals surface area contributed by atoms with Crippen LogP contribution in [0.4, 0.5) is 16.2 Å². The smallest absolute Gasteiger partial charge is 0.319 e. The number of benzene rings is 1. The Morgan fingerprint density at radius 3 is 2.62 bits per heavy atom. The third-order valence-electron chi connectivity index (χ3n) is 3.68. The molecule has 2 amide bonds. The first kappa shape index (κ1) is 19.6. The number of hydrogen-bond donors (Lipinski definition) is 3. The highest BCUT2D eigenvalue weighted by Crippen LogP contribution is 2.28. The Labute approximate surface area is 152 Å². The summed E-state index contributed by atoms with van der Waals surface area (Å²) in [6, 6.07) is 5.92. The lowest BCUT2D eigenvalue weighted by atomic mass is 10.1. The second-order valence-corrected chi connectivity index (χ2v) is 7.48. The van der Waals surface area contributed by atoms with Gasteiger partial charge in [0.2, 0.25) is 10.0 Å². The maximum Gasteiger partial charge on any atom is 0.319 e. The summed E-state index contributed by atoms with van der Waals surface area (Å²) >= 11 is 0. The standard InChI is InChI=1S/C16H23N5O4S/c1-5-12(14-8-9-17-21(14)2)19-16(22)18-11-6-7-15(25-3)13(10-11)20-26(4,23)24/h6-10,12,20H,5H2,1-4H3,(H2,18,19,22)/t12-/m1/s1. The molecule has 0 aliphatic heterocycles. The quantitative estimate of drug-likeness (QED) is 0.679. The SMILES string of the molecule is CC[C@@H](NC(=O)Nc1ccc(OC)c(NS(C)(=O)=O)c1)c1ccnn1C. The first-order valence-electron chi connectivity index (χ1n) is 7.94. The molecule has 0 radical (unpaired) electrons. The molecule has 3 N–H and O–H groups in total. The Kier molecular flexibility index (Phi) is 6.09. The first-order chi connectivity index (χ1) is 12.2. The fraction of sp³-hybridized carbons (Fsp3) is 0.375. The maximum absolute atomic E-state index is 12.3.